The van der Waals surface area contributed by atoms with Crippen LogP contribution in [0.5, 0.6) is 5.75 Å². The number of hydrogen-bond acceptors (Lipinski definition) is 3. The van der Waals surface area contributed by atoms with Gasteiger partial charge in [-0.2, -0.15) is 0 Å². The molecule has 2 aromatic carbocycles. The van der Waals surface area contributed by atoms with Gasteiger partial charge in [0.05, 0.1) is 0 Å². The largest absolute Gasteiger partial charge is 0.508 e. The molecule has 0 spiro atoms. The molecule has 1 fully saturated rings. The first-order valence-electron chi connectivity index (χ1n) is 8.37. The van der Waals surface area contributed by atoms with Crippen LogP contribution in [0.25, 0.3) is 10.8 Å². The molecule has 1 aliphatic rings. The lowest BCUT2D eigenvalue weighted by molar-refractivity contribution is 0.127. The minimum atomic E-state index is 0. The molecule has 0 bridgehead atoms. The Morgan fingerprint density at radius 2 is 1.75 bits per heavy atom. The van der Waals surface area contributed by atoms with E-state index in [1.807, 2.05) is 12.1 Å². The highest BCUT2D eigenvalue weighted by Crippen LogP contribution is 2.40. The number of nitrogens with zero attached hydrogens (tertiary/aromatic N) is 1. The Morgan fingerprint density at radius 1 is 1.08 bits per heavy atom. The van der Waals surface area contributed by atoms with Gasteiger partial charge in [-0.05, 0) is 22.8 Å². The van der Waals surface area contributed by atoms with Gasteiger partial charge in [0.25, 0.3) is 0 Å². The first kappa shape index (κ1) is 21.0. The van der Waals surface area contributed by atoms with Crippen LogP contribution in [0.15, 0.2) is 36.4 Å². The molecule has 2 aromatic rings. The third-order valence-electron chi connectivity index (χ3n) is 4.97. The van der Waals surface area contributed by atoms with E-state index in [4.69, 9.17) is 0 Å². The number of phenols is 1. The fourth-order valence-electron chi connectivity index (χ4n) is 3.61. The number of piperazine rings is 1. The van der Waals surface area contributed by atoms with E-state index in [1.165, 1.54) is 10.8 Å². The average Bonchev–Trinajstić information content (AvgIpc) is 2.58. The van der Waals surface area contributed by atoms with Crippen molar-refractivity contribution in [2.45, 2.75) is 26.3 Å². The standard InChI is InChI=1S/C19H26N2O.2ClH/c1-3-14(2)19(21-12-10-20-11-13-21)18-16-7-5-4-6-15(16)8-9-17(18)22;;/h4-9,14,19-20,22H,3,10-13H2,1-2H3;2*1H/t14?,19-;;/m1../s1. The summed E-state index contributed by atoms with van der Waals surface area (Å²) in [7, 11) is 0. The number of halogens is 2. The molecule has 1 unspecified atom stereocenters. The molecule has 3 rings (SSSR count). The quantitative estimate of drug-likeness (QED) is 0.837. The first-order valence-corrected chi connectivity index (χ1v) is 8.37. The van der Waals surface area contributed by atoms with Crippen LogP contribution in [-0.2, 0) is 0 Å². The lowest BCUT2D eigenvalue weighted by Gasteiger charge is -2.39. The summed E-state index contributed by atoms with van der Waals surface area (Å²) in [6, 6.07) is 12.5. The third-order valence-corrected chi connectivity index (χ3v) is 4.97. The molecule has 0 radical (unpaired) electrons. The average molecular weight is 371 g/mol. The van der Waals surface area contributed by atoms with Gasteiger partial charge >= 0.3 is 0 Å². The van der Waals surface area contributed by atoms with Crippen molar-refractivity contribution < 1.29 is 5.11 Å². The lowest BCUT2D eigenvalue weighted by atomic mass is 9.87. The van der Waals surface area contributed by atoms with E-state index in [1.54, 1.807) is 0 Å². The smallest absolute Gasteiger partial charge is 0.121 e. The predicted molar refractivity (Wildman–Crippen MR) is 107 cm³/mol. The second-order valence-corrected chi connectivity index (χ2v) is 6.34. The van der Waals surface area contributed by atoms with Crippen molar-refractivity contribution >= 4 is 35.6 Å². The highest BCUT2D eigenvalue weighted by atomic mass is 35.5. The number of aromatic hydroxyl groups is 1. The SMILES string of the molecule is CCC(C)[C@H](c1c(O)ccc2ccccc12)N1CCNCC1.Cl.Cl. The maximum Gasteiger partial charge on any atom is 0.121 e. The topological polar surface area (TPSA) is 35.5 Å². The maximum absolute atomic E-state index is 10.6. The van der Waals surface area contributed by atoms with E-state index in [0.717, 1.165) is 38.2 Å². The fourth-order valence-corrected chi connectivity index (χ4v) is 3.61. The lowest BCUT2D eigenvalue weighted by Crippen LogP contribution is -2.46. The summed E-state index contributed by atoms with van der Waals surface area (Å²) in [5.74, 6) is 0.942. The van der Waals surface area contributed by atoms with Crippen molar-refractivity contribution in [1.82, 2.24) is 10.2 Å². The van der Waals surface area contributed by atoms with Crippen molar-refractivity contribution in [3.63, 3.8) is 0 Å². The van der Waals surface area contributed by atoms with Crippen LogP contribution in [-0.4, -0.2) is 36.2 Å². The molecule has 134 valence electrons. The highest BCUT2D eigenvalue weighted by molar-refractivity contribution is 5.88. The number of benzene rings is 2. The maximum atomic E-state index is 10.6. The zero-order valence-electron chi connectivity index (χ0n) is 14.4. The van der Waals surface area contributed by atoms with Crippen LogP contribution in [0.2, 0.25) is 0 Å². The fraction of sp³-hybridized carbons (Fsp3) is 0.474. The summed E-state index contributed by atoms with van der Waals surface area (Å²) in [5, 5.41) is 16.4. The monoisotopic (exact) mass is 370 g/mol. The van der Waals surface area contributed by atoms with Crippen LogP contribution >= 0.6 is 24.8 Å². The Bertz CT molecular complexity index is 644. The molecule has 1 heterocycles. The summed E-state index contributed by atoms with van der Waals surface area (Å²) >= 11 is 0. The molecule has 0 aliphatic carbocycles. The van der Waals surface area contributed by atoms with Crippen molar-refractivity contribution in [2.24, 2.45) is 5.92 Å². The van der Waals surface area contributed by atoms with E-state index in [2.05, 4.69) is 48.3 Å². The number of fused-ring (bicyclic) bond motifs is 1. The van der Waals surface area contributed by atoms with Gasteiger partial charge < -0.3 is 10.4 Å². The third kappa shape index (κ3) is 4.15. The predicted octanol–water partition coefficient (Wildman–Crippen LogP) is 4.38. The number of hydrogen-bond donors (Lipinski definition) is 2. The molecular weight excluding hydrogens is 343 g/mol. The highest BCUT2D eigenvalue weighted by Gasteiger charge is 2.29. The minimum absolute atomic E-state index is 0. The second-order valence-electron chi connectivity index (χ2n) is 6.34. The zero-order chi connectivity index (χ0) is 15.5. The Labute approximate surface area is 157 Å². The van der Waals surface area contributed by atoms with Crippen molar-refractivity contribution in [1.29, 1.82) is 0 Å². The van der Waals surface area contributed by atoms with Gasteiger partial charge in [0.2, 0.25) is 0 Å². The van der Waals surface area contributed by atoms with Gasteiger partial charge in [-0.25, -0.2) is 0 Å². The summed E-state index contributed by atoms with van der Waals surface area (Å²) in [5.41, 5.74) is 1.11. The van der Waals surface area contributed by atoms with Crippen LogP contribution in [0.4, 0.5) is 0 Å². The summed E-state index contributed by atoms with van der Waals surface area (Å²) in [4.78, 5) is 2.53. The van der Waals surface area contributed by atoms with E-state index in [9.17, 15) is 5.11 Å². The Kier molecular flexibility index (Phi) is 8.31. The molecule has 24 heavy (non-hydrogen) atoms. The van der Waals surface area contributed by atoms with Crippen molar-refractivity contribution in [2.75, 3.05) is 26.2 Å². The number of rotatable bonds is 4. The summed E-state index contributed by atoms with van der Waals surface area (Å²) in [6.07, 6.45) is 1.11. The van der Waals surface area contributed by atoms with E-state index < -0.39 is 0 Å². The van der Waals surface area contributed by atoms with Gasteiger partial charge in [-0.1, -0.05) is 50.6 Å². The molecule has 0 aromatic heterocycles. The molecule has 1 saturated heterocycles. The number of nitrogens with one attached hydrogen (secondary N) is 1. The molecular formula is C19H28Cl2N2O. The molecule has 0 amide bonds. The van der Waals surface area contributed by atoms with Gasteiger partial charge in [0.15, 0.2) is 0 Å². The van der Waals surface area contributed by atoms with Gasteiger partial charge in [0.1, 0.15) is 5.75 Å². The zero-order valence-corrected chi connectivity index (χ0v) is 16.0. The second kappa shape index (κ2) is 9.47. The molecule has 5 heteroatoms. The van der Waals surface area contributed by atoms with E-state index in [0.29, 0.717) is 11.7 Å². The van der Waals surface area contributed by atoms with Crippen LogP contribution in [0, 0.1) is 5.92 Å². The van der Waals surface area contributed by atoms with Gasteiger partial charge in [-0.15, -0.1) is 24.8 Å². The molecule has 1 aliphatic heterocycles. The molecule has 0 saturated carbocycles. The summed E-state index contributed by atoms with van der Waals surface area (Å²) in [6.45, 7) is 8.67. The Hall–Kier alpha value is -1.00. The Morgan fingerprint density at radius 3 is 2.42 bits per heavy atom. The molecule has 2 N–H and O–H groups in total. The molecule has 3 nitrogen and oxygen atoms in total. The van der Waals surface area contributed by atoms with E-state index in [-0.39, 0.29) is 30.9 Å². The van der Waals surface area contributed by atoms with Crippen LogP contribution in [0.3, 0.4) is 0 Å². The van der Waals surface area contributed by atoms with E-state index >= 15 is 0 Å². The van der Waals surface area contributed by atoms with Gasteiger partial charge in [0, 0.05) is 37.8 Å². The summed E-state index contributed by atoms with van der Waals surface area (Å²) < 4.78 is 0. The van der Waals surface area contributed by atoms with Crippen LogP contribution < -0.4 is 5.32 Å². The van der Waals surface area contributed by atoms with Crippen molar-refractivity contribution in [3.8, 4) is 5.75 Å². The first-order chi connectivity index (χ1) is 10.7. The van der Waals surface area contributed by atoms with Crippen LogP contribution in [0.1, 0.15) is 31.9 Å². The normalized spacial score (nSPS) is 17.6. The van der Waals surface area contributed by atoms with Crippen molar-refractivity contribution in [3.05, 3.63) is 42.0 Å². The molecule has 2 atom stereocenters. The number of phenolic OH excluding ortho intramolecular Hbond substituents is 1. The minimum Gasteiger partial charge on any atom is -0.508 e. The van der Waals surface area contributed by atoms with Gasteiger partial charge in [-0.3, -0.25) is 4.90 Å². The Balaban J connectivity index is 0.00000144.